The van der Waals surface area contributed by atoms with Crippen molar-refractivity contribution in [3.63, 3.8) is 0 Å². The molecule has 0 unspecified atom stereocenters. The average Bonchev–Trinajstić information content (AvgIpc) is 3.20. The van der Waals surface area contributed by atoms with Crippen LogP contribution in [0.25, 0.3) is 17.1 Å². The van der Waals surface area contributed by atoms with E-state index in [1.807, 2.05) is 42.0 Å². The Kier molecular flexibility index (Phi) is 5.57. The number of aromatic nitrogens is 5. The fourth-order valence-electron chi connectivity index (χ4n) is 3.41. The normalized spacial score (nSPS) is 12.0. The van der Waals surface area contributed by atoms with Gasteiger partial charge in [0.2, 0.25) is 5.88 Å². The summed E-state index contributed by atoms with van der Waals surface area (Å²) in [7, 11) is 1.61. The first kappa shape index (κ1) is 19.8. The Bertz CT molecular complexity index is 1130. The van der Waals surface area contributed by atoms with Crippen LogP contribution in [0.5, 0.6) is 5.88 Å². The van der Waals surface area contributed by atoms with Gasteiger partial charge in [-0.15, -0.1) is 5.10 Å². The molecule has 1 atom stereocenters. The third-order valence-corrected chi connectivity index (χ3v) is 5.17. The molecule has 3 aromatic heterocycles. The summed E-state index contributed by atoms with van der Waals surface area (Å²) in [5.41, 5.74) is 6.74. The highest BCUT2D eigenvalue weighted by atomic mass is 16.5. The molecular formula is C24H25N5O. The topological polar surface area (TPSA) is 65.7 Å². The zero-order valence-corrected chi connectivity index (χ0v) is 17.7. The lowest BCUT2D eigenvalue weighted by atomic mass is 9.95. The van der Waals surface area contributed by atoms with E-state index < -0.39 is 0 Å². The van der Waals surface area contributed by atoms with Crippen LogP contribution >= 0.6 is 0 Å². The average molecular weight is 399 g/mol. The van der Waals surface area contributed by atoms with Crippen molar-refractivity contribution in [2.75, 3.05) is 7.11 Å². The van der Waals surface area contributed by atoms with Gasteiger partial charge < -0.3 is 9.30 Å². The van der Waals surface area contributed by atoms with Crippen molar-refractivity contribution in [1.29, 1.82) is 0 Å². The van der Waals surface area contributed by atoms with E-state index in [-0.39, 0.29) is 0 Å². The highest BCUT2D eigenvalue weighted by Crippen LogP contribution is 2.26. The highest BCUT2D eigenvalue weighted by molar-refractivity contribution is 5.58. The summed E-state index contributed by atoms with van der Waals surface area (Å²) in [6.45, 7) is 6.26. The van der Waals surface area contributed by atoms with Gasteiger partial charge in [-0.3, -0.25) is 0 Å². The smallest absolute Gasteiger partial charge is 0.238 e. The Morgan fingerprint density at radius 2 is 1.70 bits per heavy atom. The van der Waals surface area contributed by atoms with Crippen LogP contribution in [0.4, 0.5) is 0 Å². The Morgan fingerprint density at radius 3 is 2.33 bits per heavy atom. The van der Waals surface area contributed by atoms with Gasteiger partial charge in [0.15, 0.2) is 0 Å². The Hall–Kier alpha value is -3.54. The largest absolute Gasteiger partial charge is 0.479 e. The van der Waals surface area contributed by atoms with Crippen LogP contribution in [-0.2, 0) is 6.42 Å². The van der Waals surface area contributed by atoms with Gasteiger partial charge >= 0.3 is 0 Å². The van der Waals surface area contributed by atoms with E-state index in [4.69, 9.17) is 4.74 Å². The fraction of sp³-hybridized carbons (Fsp3) is 0.250. The number of ether oxygens (including phenoxy) is 1. The summed E-state index contributed by atoms with van der Waals surface area (Å²) >= 11 is 0. The third-order valence-electron chi connectivity index (χ3n) is 5.17. The van der Waals surface area contributed by atoms with Crippen molar-refractivity contribution < 1.29 is 4.74 Å². The summed E-state index contributed by atoms with van der Waals surface area (Å²) in [5.74, 6) is 0.894. The minimum Gasteiger partial charge on any atom is -0.479 e. The minimum absolute atomic E-state index is 0.377. The van der Waals surface area contributed by atoms with E-state index in [0.29, 0.717) is 17.5 Å². The molecule has 0 saturated carbocycles. The van der Waals surface area contributed by atoms with Crippen molar-refractivity contribution in [3.05, 3.63) is 83.6 Å². The molecular weight excluding hydrogens is 374 g/mol. The Balaban J connectivity index is 1.53. The van der Waals surface area contributed by atoms with E-state index in [2.05, 4.69) is 58.3 Å². The van der Waals surface area contributed by atoms with Crippen molar-refractivity contribution in [2.45, 2.75) is 33.1 Å². The number of nitrogens with zero attached hydrogens (tertiary/aromatic N) is 5. The van der Waals surface area contributed by atoms with Crippen molar-refractivity contribution >= 4 is 0 Å². The molecule has 1 aromatic carbocycles. The van der Waals surface area contributed by atoms with Crippen LogP contribution in [0.2, 0.25) is 0 Å². The van der Waals surface area contributed by atoms with Crippen LogP contribution in [0.15, 0.2) is 61.1 Å². The molecule has 4 aromatic rings. The molecule has 0 fully saturated rings. The molecule has 152 valence electrons. The van der Waals surface area contributed by atoms with Gasteiger partial charge in [0, 0.05) is 6.20 Å². The standard InChI is InChI=1S/C24H25N5O/c1-16-5-7-19(8-6-16)17(2)13-20-9-10-22(28-27-20)21-11-12-23(24(26-21)30-4)29-14-18(3)25-15-29/h5-12,14-15,17H,13H2,1-4H3/t17-/m1/s1. The fourth-order valence-corrected chi connectivity index (χ4v) is 3.41. The summed E-state index contributed by atoms with van der Waals surface area (Å²) in [5, 5.41) is 8.84. The summed E-state index contributed by atoms with van der Waals surface area (Å²) in [6.07, 6.45) is 4.52. The first-order valence-corrected chi connectivity index (χ1v) is 9.99. The number of benzene rings is 1. The number of hydrogen-bond acceptors (Lipinski definition) is 5. The number of aryl methyl sites for hydroxylation is 2. The van der Waals surface area contributed by atoms with Crippen LogP contribution in [-0.4, -0.2) is 31.8 Å². The molecule has 0 saturated heterocycles. The Labute approximate surface area is 176 Å². The quantitative estimate of drug-likeness (QED) is 0.470. The predicted octanol–water partition coefficient (Wildman–Crippen LogP) is 4.70. The first-order chi connectivity index (χ1) is 14.5. The monoisotopic (exact) mass is 399 g/mol. The lowest BCUT2D eigenvalue weighted by molar-refractivity contribution is 0.396. The van der Waals surface area contributed by atoms with Crippen LogP contribution in [0.3, 0.4) is 0 Å². The Morgan fingerprint density at radius 1 is 0.933 bits per heavy atom. The zero-order valence-electron chi connectivity index (χ0n) is 17.7. The zero-order chi connectivity index (χ0) is 21.1. The van der Waals surface area contributed by atoms with Crippen molar-refractivity contribution in [3.8, 4) is 23.0 Å². The van der Waals surface area contributed by atoms with Gasteiger partial charge in [-0.2, -0.15) is 5.10 Å². The van der Waals surface area contributed by atoms with Gasteiger partial charge in [-0.1, -0.05) is 36.8 Å². The molecule has 6 heteroatoms. The van der Waals surface area contributed by atoms with Crippen LogP contribution < -0.4 is 4.74 Å². The predicted molar refractivity (Wildman–Crippen MR) is 117 cm³/mol. The van der Waals surface area contributed by atoms with Gasteiger partial charge in [-0.05, 0) is 56.0 Å². The van der Waals surface area contributed by atoms with E-state index in [1.165, 1.54) is 11.1 Å². The first-order valence-electron chi connectivity index (χ1n) is 9.99. The molecule has 4 rings (SSSR count). The van der Waals surface area contributed by atoms with Crippen LogP contribution in [0.1, 0.15) is 35.4 Å². The number of hydrogen-bond donors (Lipinski definition) is 0. The maximum Gasteiger partial charge on any atom is 0.238 e. The molecule has 3 heterocycles. The molecule has 30 heavy (non-hydrogen) atoms. The van der Waals surface area contributed by atoms with Crippen molar-refractivity contribution in [1.82, 2.24) is 24.7 Å². The number of rotatable bonds is 6. The van der Waals surface area contributed by atoms with Gasteiger partial charge in [-0.25, -0.2) is 9.97 Å². The minimum atomic E-state index is 0.377. The van der Waals surface area contributed by atoms with Gasteiger partial charge in [0.25, 0.3) is 0 Å². The van der Waals surface area contributed by atoms with Gasteiger partial charge in [0.1, 0.15) is 11.4 Å². The molecule has 0 spiro atoms. The second-order valence-electron chi connectivity index (χ2n) is 7.57. The number of pyridine rings is 1. The van der Waals surface area contributed by atoms with Gasteiger partial charge in [0.05, 0.1) is 30.5 Å². The highest BCUT2D eigenvalue weighted by Gasteiger charge is 2.12. The van der Waals surface area contributed by atoms with E-state index >= 15 is 0 Å². The molecule has 0 bridgehead atoms. The third kappa shape index (κ3) is 4.22. The molecule has 0 N–H and O–H groups in total. The SMILES string of the molecule is COc1nc(-c2ccc(C[C@@H](C)c3ccc(C)cc3)nn2)ccc1-n1cnc(C)c1. The van der Waals surface area contributed by atoms with Crippen molar-refractivity contribution in [2.24, 2.45) is 0 Å². The molecule has 6 nitrogen and oxygen atoms in total. The van der Waals surface area contributed by atoms with E-state index in [1.54, 1.807) is 13.4 Å². The maximum absolute atomic E-state index is 5.50. The molecule has 0 aliphatic rings. The summed E-state index contributed by atoms with van der Waals surface area (Å²) in [6, 6.07) is 16.5. The second kappa shape index (κ2) is 8.45. The lowest BCUT2D eigenvalue weighted by Gasteiger charge is -2.12. The second-order valence-corrected chi connectivity index (χ2v) is 7.57. The molecule has 0 aliphatic heterocycles. The summed E-state index contributed by atoms with van der Waals surface area (Å²) < 4.78 is 7.39. The number of methoxy groups -OCH3 is 1. The van der Waals surface area contributed by atoms with Crippen LogP contribution in [0, 0.1) is 13.8 Å². The molecule has 0 aliphatic carbocycles. The van der Waals surface area contributed by atoms with E-state index in [9.17, 15) is 0 Å². The molecule has 0 radical (unpaired) electrons. The van der Waals surface area contributed by atoms with E-state index in [0.717, 1.165) is 29.2 Å². The summed E-state index contributed by atoms with van der Waals surface area (Å²) in [4.78, 5) is 8.89. The number of imidazole rings is 1. The molecule has 0 amide bonds. The maximum atomic E-state index is 5.50. The lowest BCUT2D eigenvalue weighted by Crippen LogP contribution is -2.03.